The number of rotatable bonds is 4. The summed E-state index contributed by atoms with van der Waals surface area (Å²) in [7, 11) is 3.07. The summed E-state index contributed by atoms with van der Waals surface area (Å²) in [5, 5.41) is 0. The number of carbonyl (C=O) groups is 1. The Morgan fingerprint density at radius 2 is 1.93 bits per heavy atom. The standard InChI is InChI=1S/C10H13NO3/c1-13-9-6-10(14-2)8(11)5-7(9)3-4-12/h4-6H,3,11H2,1-2H3. The normalized spacial score (nSPS) is 9.57. The molecule has 14 heavy (non-hydrogen) atoms. The van der Waals surface area contributed by atoms with E-state index < -0.39 is 0 Å². The van der Waals surface area contributed by atoms with Gasteiger partial charge in [-0.1, -0.05) is 0 Å². The molecule has 0 atom stereocenters. The molecule has 4 heteroatoms. The molecule has 4 nitrogen and oxygen atoms in total. The summed E-state index contributed by atoms with van der Waals surface area (Å²) < 4.78 is 10.1. The topological polar surface area (TPSA) is 61.5 Å². The van der Waals surface area contributed by atoms with Gasteiger partial charge in [0.2, 0.25) is 0 Å². The molecule has 0 aliphatic carbocycles. The zero-order chi connectivity index (χ0) is 10.6. The van der Waals surface area contributed by atoms with Crippen molar-refractivity contribution in [1.82, 2.24) is 0 Å². The minimum atomic E-state index is 0.289. The lowest BCUT2D eigenvalue weighted by Gasteiger charge is -2.10. The third-order valence-corrected chi connectivity index (χ3v) is 1.94. The first-order chi connectivity index (χ1) is 6.72. The number of anilines is 1. The quantitative estimate of drug-likeness (QED) is 0.575. The van der Waals surface area contributed by atoms with E-state index in [1.807, 2.05) is 0 Å². The molecule has 1 aromatic carbocycles. The summed E-state index contributed by atoms with van der Waals surface area (Å²) >= 11 is 0. The number of carbonyl (C=O) groups excluding carboxylic acids is 1. The fourth-order valence-electron chi connectivity index (χ4n) is 1.24. The molecule has 1 aromatic rings. The number of hydrogen-bond donors (Lipinski definition) is 1. The SMILES string of the molecule is COc1cc(OC)c(CC=O)cc1N. The maximum atomic E-state index is 10.4. The minimum absolute atomic E-state index is 0.289. The van der Waals surface area contributed by atoms with Gasteiger partial charge >= 0.3 is 0 Å². The van der Waals surface area contributed by atoms with Crippen molar-refractivity contribution < 1.29 is 14.3 Å². The van der Waals surface area contributed by atoms with Gasteiger partial charge in [0.1, 0.15) is 17.8 Å². The van der Waals surface area contributed by atoms with Crippen LogP contribution in [0.1, 0.15) is 5.56 Å². The Labute approximate surface area is 82.6 Å². The molecule has 0 fully saturated rings. The molecule has 0 bridgehead atoms. The van der Waals surface area contributed by atoms with E-state index in [1.54, 1.807) is 19.2 Å². The molecule has 0 radical (unpaired) electrons. The molecule has 0 heterocycles. The van der Waals surface area contributed by atoms with Crippen LogP contribution in [0.2, 0.25) is 0 Å². The predicted molar refractivity (Wildman–Crippen MR) is 53.7 cm³/mol. The highest BCUT2D eigenvalue weighted by Crippen LogP contribution is 2.30. The van der Waals surface area contributed by atoms with Gasteiger partial charge in [0.05, 0.1) is 19.9 Å². The van der Waals surface area contributed by atoms with Crippen LogP contribution in [0, 0.1) is 0 Å². The van der Waals surface area contributed by atoms with Crippen LogP contribution >= 0.6 is 0 Å². The van der Waals surface area contributed by atoms with Gasteiger partial charge in [-0.2, -0.15) is 0 Å². The summed E-state index contributed by atoms with van der Waals surface area (Å²) in [4.78, 5) is 10.4. The van der Waals surface area contributed by atoms with Crippen LogP contribution in [0.4, 0.5) is 5.69 Å². The Balaban J connectivity index is 3.16. The third kappa shape index (κ3) is 1.96. The molecule has 0 amide bonds. The van der Waals surface area contributed by atoms with Crippen molar-refractivity contribution in [1.29, 1.82) is 0 Å². The number of nitrogen functional groups attached to an aromatic ring is 1. The maximum absolute atomic E-state index is 10.4. The second-order valence-electron chi connectivity index (χ2n) is 2.78. The van der Waals surface area contributed by atoms with Crippen LogP contribution < -0.4 is 15.2 Å². The first kappa shape index (κ1) is 10.4. The van der Waals surface area contributed by atoms with Crippen molar-refractivity contribution in [2.75, 3.05) is 20.0 Å². The van der Waals surface area contributed by atoms with Crippen molar-refractivity contribution >= 4 is 12.0 Å². The van der Waals surface area contributed by atoms with Crippen LogP contribution in [0.15, 0.2) is 12.1 Å². The Morgan fingerprint density at radius 3 is 2.43 bits per heavy atom. The van der Waals surface area contributed by atoms with Gasteiger partial charge in [-0.15, -0.1) is 0 Å². The van der Waals surface area contributed by atoms with E-state index in [9.17, 15) is 4.79 Å². The van der Waals surface area contributed by atoms with Crippen molar-refractivity contribution in [3.05, 3.63) is 17.7 Å². The van der Waals surface area contributed by atoms with Crippen LogP contribution in [0.5, 0.6) is 11.5 Å². The van der Waals surface area contributed by atoms with Gasteiger partial charge in [0, 0.05) is 18.1 Å². The molecule has 0 unspecified atom stereocenters. The largest absolute Gasteiger partial charge is 0.496 e. The molecule has 2 N–H and O–H groups in total. The van der Waals surface area contributed by atoms with Crippen LogP contribution in [0.25, 0.3) is 0 Å². The van der Waals surface area contributed by atoms with Crippen LogP contribution in [-0.2, 0) is 11.2 Å². The molecule has 0 spiro atoms. The van der Waals surface area contributed by atoms with E-state index in [4.69, 9.17) is 15.2 Å². The molecule has 0 saturated heterocycles. The summed E-state index contributed by atoms with van der Waals surface area (Å²) in [5.41, 5.74) is 6.96. The fraction of sp³-hybridized carbons (Fsp3) is 0.300. The van der Waals surface area contributed by atoms with E-state index in [0.29, 0.717) is 17.2 Å². The Morgan fingerprint density at radius 1 is 1.29 bits per heavy atom. The highest BCUT2D eigenvalue weighted by atomic mass is 16.5. The van der Waals surface area contributed by atoms with E-state index in [1.165, 1.54) is 7.11 Å². The Kier molecular flexibility index (Phi) is 3.34. The predicted octanol–water partition coefficient (Wildman–Crippen LogP) is 1.03. The van der Waals surface area contributed by atoms with Gasteiger partial charge in [-0.05, 0) is 6.07 Å². The summed E-state index contributed by atoms with van der Waals surface area (Å²) in [5.74, 6) is 1.17. The number of benzene rings is 1. The molecule has 0 aliphatic rings. The lowest BCUT2D eigenvalue weighted by atomic mass is 10.1. The molecule has 76 valence electrons. The first-order valence-corrected chi connectivity index (χ1v) is 4.17. The molecular weight excluding hydrogens is 182 g/mol. The average Bonchev–Trinajstić information content (AvgIpc) is 2.19. The molecule has 1 rings (SSSR count). The highest BCUT2D eigenvalue weighted by molar-refractivity contribution is 5.64. The van der Waals surface area contributed by atoms with Crippen molar-refractivity contribution in [2.24, 2.45) is 0 Å². The lowest BCUT2D eigenvalue weighted by molar-refractivity contribution is -0.107. The number of hydrogen-bond acceptors (Lipinski definition) is 4. The maximum Gasteiger partial charge on any atom is 0.145 e. The van der Waals surface area contributed by atoms with Gasteiger partial charge in [-0.25, -0.2) is 0 Å². The Hall–Kier alpha value is -1.71. The third-order valence-electron chi connectivity index (χ3n) is 1.94. The molecule has 0 aliphatic heterocycles. The van der Waals surface area contributed by atoms with Crippen LogP contribution in [0.3, 0.4) is 0 Å². The molecular formula is C10H13NO3. The zero-order valence-electron chi connectivity index (χ0n) is 8.24. The monoisotopic (exact) mass is 195 g/mol. The van der Waals surface area contributed by atoms with E-state index in [-0.39, 0.29) is 6.42 Å². The zero-order valence-corrected chi connectivity index (χ0v) is 8.24. The van der Waals surface area contributed by atoms with Gasteiger partial charge in [0.15, 0.2) is 0 Å². The van der Waals surface area contributed by atoms with Crippen LogP contribution in [-0.4, -0.2) is 20.5 Å². The lowest BCUT2D eigenvalue weighted by Crippen LogP contribution is -1.98. The van der Waals surface area contributed by atoms with Crippen molar-refractivity contribution in [2.45, 2.75) is 6.42 Å². The fourth-order valence-corrected chi connectivity index (χ4v) is 1.24. The van der Waals surface area contributed by atoms with E-state index in [0.717, 1.165) is 11.8 Å². The van der Waals surface area contributed by atoms with Crippen molar-refractivity contribution in [3.63, 3.8) is 0 Å². The van der Waals surface area contributed by atoms with Crippen molar-refractivity contribution in [3.8, 4) is 11.5 Å². The van der Waals surface area contributed by atoms with Gasteiger partial charge < -0.3 is 20.0 Å². The highest BCUT2D eigenvalue weighted by Gasteiger charge is 2.08. The summed E-state index contributed by atoms with van der Waals surface area (Å²) in [6.07, 6.45) is 1.10. The minimum Gasteiger partial charge on any atom is -0.496 e. The van der Waals surface area contributed by atoms with Gasteiger partial charge in [0.25, 0.3) is 0 Å². The number of aldehydes is 1. The second kappa shape index (κ2) is 4.50. The smallest absolute Gasteiger partial charge is 0.145 e. The average molecular weight is 195 g/mol. The van der Waals surface area contributed by atoms with E-state index >= 15 is 0 Å². The number of nitrogens with two attached hydrogens (primary N) is 1. The first-order valence-electron chi connectivity index (χ1n) is 4.17. The summed E-state index contributed by atoms with van der Waals surface area (Å²) in [6.45, 7) is 0. The summed E-state index contributed by atoms with van der Waals surface area (Å²) in [6, 6.07) is 3.36. The second-order valence-corrected chi connectivity index (χ2v) is 2.78. The number of methoxy groups -OCH3 is 2. The van der Waals surface area contributed by atoms with Gasteiger partial charge in [-0.3, -0.25) is 0 Å². The van der Waals surface area contributed by atoms with E-state index in [2.05, 4.69) is 0 Å². The number of ether oxygens (including phenoxy) is 2. The molecule has 0 saturated carbocycles. The molecule has 0 aromatic heterocycles. The Bertz CT molecular complexity index is 336.